The van der Waals surface area contributed by atoms with Crippen LogP contribution in [-0.4, -0.2) is 16.5 Å². The normalized spacial score (nSPS) is 10.4. The van der Waals surface area contributed by atoms with E-state index in [2.05, 4.69) is 44.2 Å². The molecule has 0 fully saturated rings. The number of nitrogens with one attached hydrogen (secondary N) is 1. The third kappa shape index (κ3) is 3.07. The number of anilines is 1. The summed E-state index contributed by atoms with van der Waals surface area (Å²) in [6.45, 7) is 4.97. The van der Waals surface area contributed by atoms with Crippen LogP contribution < -0.4 is 5.32 Å². The van der Waals surface area contributed by atoms with Crippen LogP contribution in [0.5, 0.6) is 0 Å². The third-order valence-corrected chi connectivity index (χ3v) is 3.24. The van der Waals surface area contributed by atoms with Gasteiger partial charge in [-0.15, -0.1) is 0 Å². The number of halogens is 1. The first kappa shape index (κ1) is 13.0. The number of rotatable bonds is 4. The Morgan fingerprint density at radius 3 is 2.72 bits per heavy atom. The summed E-state index contributed by atoms with van der Waals surface area (Å²) in [5.41, 5.74) is 2.02. The largest absolute Gasteiger partial charge is 0.370 e. The van der Waals surface area contributed by atoms with Crippen molar-refractivity contribution in [1.82, 2.24) is 9.97 Å². The van der Waals surface area contributed by atoms with E-state index in [1.165, 1.54) is 0 Å². The van der Waals surface area contributed by atoms with Gasteiger partial charge in [0.05, 0.1) is 5.69 Å². The quantitative estimate of drug-likeness (QED) is 0.926. The molecular weight excluding hydrogens is 290 g/mol. The third-order valence-electron chi connectivity index (χ3n) is 2.54. The van der Waals surface area contributed by atoms with Crippen LogP contribution in [0, 0.1) is 6.92 Å². The van der Waals surface area contributed by atoms with E-state index in [0.717, 1.165) is 40.3 Å². The first-order valence-corrected chi connectivity index (χ1v) is 6.84. The highest BCUT2D eigenvalue weighted by molar-refractivity contribution is 9.10. The number of aryl methyl sites for hydroxylation is 1. The van der Waals surface area contributed by atoms with Crippen molar-refractivity contribution < 1.29 is 0 Å². The van der Waals surface area contributed by atoms with E-state index in [0.29, 0.717) is 0 Å². The summed E-state index contributed by atoms with van der Waals surface area (Å²) in [5, 5.41) is 3.30. The number of benzene rings is 1. The Balaban J connectivity index is 2.39. The molecule has 1 aromatic heterocycles. The minimum atomic E-state index is 0.779. The molecule has 4 heteroatoms. The molecule has 0 amide bonds. The van der Waals surface area contributed by atoms with Crippen molar-refractivity contribution in [1.29, 1.82) is 0 Å². The van der Waals surface area contributed by atoms with E-state index in [1.54, 1.807) is 0 Å². The lowest BCUT2D eigenvalue weighted by molar-refractivity contribution is 0.955. The Kier molecular flexibility index (Phi) is 4.31. The molecular formula is C14H16BrN3. The van der Waals surface area contributed by atoms with Crippen LogP contribution in [0.25, 0.3) is 11.3 Å². The van der Waals surface area contributed by atoms with Gasteiger partial charge in [0.25, 0.3) is 0 Å². The van der Waals surface area contributed by atoms with Gasteiger partial charge in [0.15, 0.2) is 0 Å². The number of nitrogens with zero attached hydrogens (tertiary/aromatic N) is 2. The summed E-state index contributed by atoms with van der Waals surface area (Å²) in [4.78, 5) is 8.88. The van der Waals surface area contributed by atoms with Crippen molar-refractivity contribution in [2.24, 2.45) is 0 Å². The molecule has 18 heavy (non-hydrogen) atoms. The van der Waals surface area contributed by atoms with Crippen molar-refractivity contribution in [3.05, 3.63) is 40.6 Å². The molecule has 0 saturated heterocycles. The van der Waals surface area contributed by atoms with E-state index in [1.807, 2.05) is 31.2 Å². The number of aromatic nitrogens is 2. The lowest BCUT2D eigenvalue weighted by Gasteiger charge is -2.09. The highest BCUT2D eigenvalue weighted by atomic mass is 79.9. The van der Waals surface area contributed by atoms with Crippen LogP contribution in [0.4, 0.5) is 5.82 Å². The Hall–Kier alpha value is -1.42. The zero-order valence-electron chi connectivity index (χ0n) is 10.6. The van der Waals surface area contributed by atoms with Crippen molar-refractivity contribution in [3.63, 3.8) is 0 Å². The molecule has 0 aliphatic heterocycles. The van der Waals surface area contributed by atoms with Crippen LogP contribution in [0.15, 0.2) is 34.8 Å². The van der Waals surface area contributed by atoms with Gasteiger partial charge >= 0.3 is 0 Å². The summed E-state index contributed by atoms with van der Waals surface area (Å²) in [6, 6.07) is 10.1. The zero-order valence-corrected chi connectivity index (χ0v) is 12.2. The Labute approximate surface area is 116 Å². The average Bonchev–Trinajstić information content (AvgIpc) is 2.36. The predicted molar refractivity (Wildman–Crippen MR) is 78.7 cm³/mol. The minimum Gasteiger partial charge on any atom is -0.370 e. The maximum absolute atomic E-state index is 4.49. The van der Waals surface area contributed by atoms with E-state index in [-0.39, 0.29) is 0 Å². The second kappa shape index (κ2) is 5.96. The molecule has 0 radical (unpaired) electrons. The lowest BCUT2D eigenvalue weighted by Crippen LogP contribution is -2.04. The Bertz CT molecular complexity index is 540. The molecule has 1 N–H and O–H groups in total. The fourth-order valence-corrected chi connectivity index (χ4v) is 2.21. The number of hydrogen-bond acceptors (Lipinski definition) is 3. The molecule has 0 bridgehead atoms. The van der Waals surface area contributed by atoms with Gasteiger partial charge < -0.3 is 5.32 Å². The average molecular weight is 306 g/mol. The van der Waals surface area contributed by atoms with Crippen molar-refractivity contribution in [2.45, 2.75) is 20.3 Å². The Morgan fingerprint density at radius 1 is 1.22 bits per heavy atom. The van der Waals surface area contributed by atoms with Gasteiger partial charge in [0.1, 0.15) is 11.6 Å². The first-order valence-electron chi connectivity index (χ1n) is 6.05. The standard InChI is InChI=1S/C14H16BrN3/c1-3-8-16-14-9-13(17-10(2)18-14)11-6-4-5-7-12(11)15/h4-7,9H,3,8H2,1-2H3,(H,16,17,18). The van der Waals surface area contributed by atoms with E-state index in [4.69, 9.17) is 0 Å². The highest BCUT2D eigenvalue weighted by Gasteiger charge is 2.06. The fraction of sp³-hybridized carbons (Fsp3) is 0.286. The van der Waals surface area contributed by atoms with Crippen LogP contribution in [0.2, 0.25) is 0 Å². The van der Waals surface area contributed by atoms with Crippen LogP contribution in [0.3, 0.4) is 0 Å². The molecule has 0 saturated carbocycles. The van der Waals surface area contributed by atoms with Gasteiger partial charge in [0, 0.05) is 22.6 Å². The topological polar surface area (TPSA) is 37.8 Å². The molecule has 1 aromatic carbocycles. The van der Waals surface area contributed by atoms with Crippen LogP contribution >= 0.6 is 15.9 Å². The molecule has 0 spiro atoms. The maximum Gasteiger partial charge on any atom is 0.130 e. The summed E-state index contributed by atoms with van der Waals surface area (Å²) in [6.07, 6.45) is 1.08. The second-order valence-corrected chi connectivity index (χ2v) is 4.95. The molecule has 0 aliphatic rings. The van der Waals surface area contributed by atoms with Crippen molar-refractivity contribution in [2.75, 3.05) is 11.9 Å². The fourth-order valence-electron chi connectivity index (χ4n) is 1.72. The van der Waals surface area contributed by atoms with Gasteiger partial charge in [-0.3, -0.25) is 0 Å². The van der Waals surface area contributed by atoms with Gasteiger partial charge in [-0.05, 0) is 19.4 Å². The first-order chi connectivity index (χ1) is 8.70. The van der Waals surface area contributed by atoms with Gasteiger partial charge in [-0.25, -0.2) is 9.97 Å². The molecule has 0 atom stereocenters. The van der Waals surface area contributed by atoms with Crippen molar-refractivity contribution >= 4 is 21.7 Å². The smallest absolute Gasteiger partial charge is 0.130 e. The van der Waals surface area contributed by atoms with E-state index in [9.17, 15) is 0 Å². The molecule has 0 unspecified atom stereocenters. The number of hydrogen-bond donors (Lipinski definition) is 1. The molecule has 2 aromatic rings. The van der Waals surface area contributed by atoms with Gasteiger partial charge in [0.2, 0.25) is 0 Å². The van der Waals surface area contributed by atoms with Gasteiger partial charge in [-0.2, -0.15) is 0 Å². The summed E-state index contributed by atoms with van der Waals surface area (Å²) in [7, 11) is 0. The second-order valence-electron chi connectivity index (χ2n) is 4.09. The zero-order chi connectivity index (χ0) is 13.0. The summed E-state index contributed by atoms with van der Waals surface area (Å²) in [5.74, 6) is 1.66. The maximum atomic E-state index is 4.49. The molecule has 1 heterocycles. The predicted octanol–water partition coefficient (Wildman–Crippen LogP) is 4.04. The molecule has 94 valence electrons. The van der Waals surface area contributed by atoms with Gasteiger partial charge in [-0.1, -0.05) is 41.1 Å². The molecule has 0 aliphatic carbocycles. The van der Waals surface area contributed by atoms with Crippen LogP contribution in [-0.2, 0) is 0 Å². The van der Waals surface area contributed by atoms with Crippen LogP contribution in [0.1, 0.15) is 19.2 Å². The summed E-state index contributed by atoms with van der Waals surface area (Å²) < 4.78 is 1.05. The Morgan fingerprint density at radius 2 is 2.00 bits per heavy atom. The van der Waals surface area contributed by atoms with E-state index < -0.39 is 0 Å². The SMILES string of the molecule is CCCNc1cc(-c2ccccc2Br)nc(C)n1. The monoisotopic (exact) mass is 305 g/mol. The highest BCUT2D eigenvalue weighted by Crippen LogP contribution is 2.27. The minimum absolute atomic E-state index is 0.779. The van der Waals surface area contributed by atoms with E-state index >= 15 is 0 Å². The van der Waals surface area contributed by atoms with Crippen molar-refractivity contribution in [3.8, 4) is 11.3 Å². The lowest BCUT2D eigenvalue weighted by atomic mass is 10.1. The molecule has 2 rings (SSSR count). The summed E-state index contributed by atoms with van der Waals surface area (Å²) >= 11 is 3.55. The molecule has 3 nitrogen and oxygen atoms in total.